The molecule has 0 amide bonds. The lowest BCUT2D eigenvalue weighted by Crippen LogP contribution is -2.37. The number of benzene rings is 1. The van der Waals surface area contributed by atoms with Crippen molar-refractivity contribution in [3.63, 3.8) is 0 Å². The second-order valence-corrected chi connectivity index (χ2v) is 10.1. The number of unbranched alkanes of at least 4 members (excludes halogenated alkanes) is 1. The van der Waals surface area contributed by atoms with Crippen LogP contribution in [-0.4, -0.2) is 44.0 Å². The van der Waals surface area contributed by atoms with Crippen molar-refractivity contribution in [2.75, 3.05) is 26.4 Å². The van der Waals surface area contributed by atoms with Gasteiger partial charge in [0.2, 0.25) is 0 Å². The topological polar surface area (TPSA) is 70.8 Å². The molecule has 5 nitrogen and oxygen atoms in total. The fourth-order valence-electron chi connectivity index (χ4n) is 4.95. The van der Waals surface area contributed by atoms with E-state index in [9.17, 15) is 4.79 Å². The Morgan fingerprint density at radius 3 is 2.77 bits per heavy atom. The quantitative estimate of drug-likeness (QED) is 0.313. The summed E-state index contributed by atoms with van der Waals surface area (Å²) in [7, 11) is 0. The molecule has 0 fully saturated rings. The zero-order valence-corrected chi connectivity index (χ0v) is 21.3. The molecule has 5 heteroatoms. The lowest BCUT2D eigenvalue weighted by Gasteiger charge is -2.34. The van der Waals surface area contributed by atoms with E-state index in [4.69, 9.17) is 19.9 Å². The standard InChI is InChI=1S/C30H39NO4/c1-21(20-31)33-17-7-18-34-29(32)30(2,3)35-19-5-4-8-22-11-12-25-14-13-23-9-6-10-24-15-16-26(22)28(25)27(23)24/h6,9-13,15-16,21,27H,4-5,7-8,14,17-20,31H2,1-3H3. The van der Waals surface area contributed by atoms with Crippen molar-refractivity contribution < 1.29 is 19.0 Å². The summed E-state index contributed by atoms with van der Waals surface area (Å²) >= 11 is 0. The Bertz CT molecular complexity index is 1050. The van der Waals surface area contributed by atoms with Crippen molar-refractivity contribution in [2.45, 2.75) is 70.5 Å². The van der Waals surface area contributed by atoms with Crippen molar-refractivity contribution in [3.05, 3.63) is 75.9 Å². The third-order valence-corrected chi connectivity index (χ3v) is 7.05. The van der Waals surface area contributed by atoms with E-state index in [1.54, 1.807) is 13.8 Å². The number of hydrogen-bond acceptors (Lipinski definition) is 5. The molecule has 2 atom stereocenters. The van der Waals surface area contributed by atoms with E-state index < -0.39 is 5.60 Å². The number of aryl methyl sites for hydroxylation is 1. The largest absolute Gasteiger partial charge is 0.463 e. The first-order valence-corrected chi connectivity index (χ1v) is 12.9. The average molecular weight is 478 g/mol. The van der Waals surface area contributed by atoms with E-state index in [2.05, 4.69) is 48.6 Å². The molecular weight excluding hydrogens is 438 g/mol. The molecule has 188 valence electrons. The SMILES string of the molecule is CC(CN)OCCCOC(=O)C(C)(C)OCCCCc1ccc2c3c1C=CC1=CC=CC(=CC2)C13. The zero-order valence-electron chi connectivity index (χ0n) is 21.3. The van der Waals surface area contributed by atoms with E-state index in [1.165, 1.54) is 33.4 Å². The minimum Gasteiger partial charge on any atom is -0.463 e. The maximum atomic E-state index is 12.4. The van der Waals surface area contributed by atoms with Crippen LogP contribution < -0.4 is 5.73 Å². The maximum absolute atomic E-state index is 12.4. The van der Waals surface area contributed by atoms with Crippen molar-refractivity contribution in [3.8, 4) is 0 Å². The third kappa shape index (κ3) is 6.03. The first-order valence-electron chi connectivity index (χ1n) is 12.9. The summed E-state index contributed by atoms with van der Waals surface area (Å²) in [6.07, 6.45) is 18.2. The van der Waals surface area contributed by atoms with Crippen LogP contribution in [0.1, 0.15) is 68.2 Å². The summed E-state index contributed by atoms with van der Waals surface area (Å²) in [5.41, 5.74) is 13.2. The third-order valence-electron chi connectivity index (χ3n) is 7.05. The monoisotopic (exact) mass is 477 g/mol. The number of allylic oxidation sites excluding steroid dienone is 7. The molecule has 3 aliphatic carbocycles. The van der Waals surface area contributed by atoms with Gasteiger partial charge in [0.1, 0.15) is 0 Å². The molecule has 0 radical (unpaired) electrons. The van der Waals surface area contributed by atoms with Gasteiger partial charge in [-0.05, 0) is 79.9 Å². The average Bonchev–Trinajstić information content (AvgIpc) is 2.87. The summed E-state index contributed by atoms with van der Waals surface area (Å²) in [6.45, 7) is 7.34. The van der Waals surface area contributed by atoms with Crippen molar-refractivity contribution in [2.24, 2.45) is 5.73 Å². The molecular formula is C30H39NO4. The highest BCUT2D eigenvalue weighted by atomic mass is 16.6. The van der Waals surface area contributed by atoms with Crippen molar-refractivity contribution in [1.82, 2.24) is 0 Å². The van der Waals surface area contributed by atoms with Crippen LogP contribution in [0.15, 0.2) is 53.7 Å². The number of carbonyl (C=O) groups excluding carboxylic acids is 1. The van der Waals surface area contributed by atoms with Crippen LogP contribution in [0.25, 0.3) is 6.08 Å². The van der Waals surface area contributed by atoms with E-state index in [0.29, 0.717) is 38.7 Å². The van der Waals surface area contributed by atoms with Gasteiger partial charge in [0.25, 0.3) is 0 Å². The summed E-state index contributed by atoms with van der Waals surface area (Å²) in [4.78, 5) is 12.4. The minimum absolute atomic E-state index is 0.0229. The van der Waals surface area contributed by atoms with Crippen LogP contribution in [0.3, 0.4) is 0 Å². The lowest BCUT2D eigenvalue weighted by atomic mass is 9.70. The molecule has 2 unspecified atom stereocenters. The number of rotatable bonds is 13. The number of esters is 1. The first-order chi connectivity index (χ1) is 16.9. The maximum Gasteiger partial charge on any atom is 0.337 e. The van der Waals surface area contributed by atoms with E-state index in [-0.39, 0.29) is 12.1 Å². The first kappa shape index (κ1) is 25.6. The summed E-state index contributed by atoms with van der Waals surface area (Å²) in [5.74, 6) is 0.0670. The lowest BCUT2D eigenvalue weighted by molar-refractivity contribution is -0.168. The molecule has 0 spiro atoms. The predicted molar refractivity (Wildman–Crippen MR) is 140 cm³/mol. The number of nitrogens with two attached hydrogens (primary N) is 1. The Hall–Kier alpha value is -2.47. The highest BCUT2D eigenvalue weighted by Crippen LogP contribution is 2.46. The van der Waals surface area contributed by atoms with Gasteiger partial charge in [-0.1, -0.05) is 48.6 Å². The van der Waals surface area contributed by atoms with Gasteiger partial charge < -0.3 is 19.9 Å². The van der Waals surface area contributed by atoms with Gasteiger partial charge in [-0.15, -0.1) is 0 Å². The van der Waals surface area contributed by atoms with E-state index in [1.807, 2.05) is 6.92 Å². The molecule has 0 saturated carbocycles. The summed E-state index contributed by atoms with van der Waals surface area (Å²) in [6, 6.07) is 4.61. The molecule has 2 N–H and O–H groups in total. The van der Waals surface area contributed by atoms with Gasteiger partial charge in [-0.2, -0.15) is 0 Å². The number of ether oxygens (including phenoxy) is 3. The van der Waals surface area contributed by atoms with E-state index >= 15 is 0 Å². The molecule has 0 heterocycles. The van der Waals surface area contributed by atoms with Crippen LogP contribution in [0.4, 0.5) is 0 Å². The van der Waals surface area contributed by atoms with Crippen LogP contribution in [0, 0.1) is 0 Å². The highest BCUT2D eigenvalue weighted by molar-refractivity contribution is 5.78. The Morgan fingerprint density at radius 2 is 1.94 bits per heavy atom. The Kier molecular flexibility index (Phi) is 8.42. The molecule has 0 saturated heterocycles. The second kappa shape index (κ2) is 11.5. The van der Waals surface area contributed by atoms with Crippen LogP contribution in [0.5, 0.6) is 0 Å². The second-order valence-electron chi connectivity index (χ2n) is 10.1. The smallest absolute Gasteiger partial charge is 0.337 e. The van der Waals surface area contributed by atoms with Crippen LogP contribution in [0.2, 0.25) is 0 Å². The molecule has 35 heavy (non-hydrogen) atoms. The van der Waals surface area contributed by atoms with Gasteiger partial charge in [-0.25, -0.2) is 4.79 Å². The zero-order chi connectivity index (χ0) is 24.8. The van der Waals surface area contributed by atoms with Gasteiger partial charge in [0.15, 0.2) is 5.60 Å². The van der Waals surface area contributed by atoms with Crippen LogP contribution >= 0.6 is 0 Å². The van der Waals surface area contributed by atoms with E-state index in [0.717, 1.165) is 25.7 Å². The fraction of sp³-hybridized carbons (Fsp3) is 0.500. The molecule has 1 aromatic rings. The fourth-order valence-corrected chi connectivity index (χ4v) is 4.95. The van der Waals surface area contributed by atoms with Gasteiger partial charge >= 0.3 is 5.97 Å². The number of carbonyl (C=O) groups is 1. The van der Waals surface area contributed by atoms with Gasteiger partial charge in [-0.3, -0.25) is 0 Å². The summed E-state index contributed by atoms with van der Waals surface area (Å²) < 4.78 is 16.8. The normalized spacial score (nSPS) is 18.6. The molecule has 1 aromatic carbocycles. The Balaban J connectivity index is 1.22. The van der Waals surface area contributed by atoms with Gasteiger partial charge in [0.05, 0.1) is 19.3 Å². The van der Waals surface area contributed by atoms with Crippen molar-refractivity contribution in [1.29, 1.82) is 0 Å². The molecule has 3 aliphatic rings. The van der Waals surface area contributed by atoms with Crippen LogP contribution in [-0.2, 0) is 31.8 Å². The van der Waals surface area contributed by atoms with Gasteiger partial charge in [0, 0.05) is 25.5 Å². The minimum atomic E-state index is -0.952. The molecule has 4 rings (SSSR count). The Labute approximate surface area is 209 Å². The highest BCUT2D eigenvalue weighted by Gasteiger charge is 2.31. The molecule has 0 aliphatic heterocycles. The summed E-state index contributed by atoms with van der Waals surface area (Å²) in [5, 5.41) is 0. The molecule has 0 bridgehead atoms. The Morgan fingerprint density at radius 1 is 1.09 bits per heavy atom. The number of hydrogen-bond donors (Lipinski definition) is 1. The predicted octanol–water partition coefficient (Wildman–Crippen LogP) is 5.19. The molecule has 0 aromatic heterocycles. The van der Waals surface area contributed by atoms with Crippen molar-refractivity contribution >= 4 is 12.0 Å².